The summed E-state index contributed by atoms with van der Waals surface area (Å²) in [6, 6.07) is 6.13. The van der Waals surface area contributed by atoms with Crippen molar-refractivity contribution < 1.29 is 4.74 Å². The molecule has 2 N–H and O–H groups in total. The number of nitrogens with zero attached hydrogens (tertiary/aromatic N) is 4. The summed E-state index contributed by atoms with van der Waals surface area (Å²) in [4.78, 5) is 0.908. The molecule has 1 aliphatic rings. The van der Waals surface area contributed by atoms with Gasteiger partial charge in [-0.1, -0.05) is 6.07 Å². The third-order valence-corrected chi connectivity index (χ3v) is 3.83. The molecule has 0 unspecified atom stereocenters. The Bertz CT molecular complexity index is 566. The molecule has 0 radical (unpaired) electrons. The second-order valence-electron chi connectivity index (χ2n) is 4.11. The highest BCUT2D eigenvalue weighted by Crippen LogP contribution is 2.40. The zero-order chi connectivity index (χ0) is 12.5. The number of hydrogen-bond acceptors (Lipinski definition) is 6. The van der Waals surface area contributed by atoms with E-state index in [-0.39, 0.29) is 0 Å². The lowest BCUT2D eigenvalue weighted by Gasteiger charge is -2.08. The van der Waals surface area contributed by atoms with Gasteiger partial charge >= 0.3 is 0 Å². The normalized spacial score (nSPS) is 14.7. The smallest absolute Gasteiger partial charge is 0.214 e. The van der Waals surface area contributed by atoms with Crippen LogP contribution in [0, 0.1) is 0 Å². The summed E-state index contributed by atoms with van der Waals surface area (Å²) in [6.07, 6.45) is 2.29. The number of tetrazole rings is 1. The van der Waals surface area contributed by atoms with Gasteiger partial charge in [-0.25, -0.2) is 4.68 Å². The predicted molar refractivity (Wildman–Crippen MR) is 67.6 cm³/mol. The predicted octanol–water partition coefficient (Wildman–Crippen LogP) is 1.75. The van der Waals surface area contributed by atoms with Crippen molar-refractivity contribution in [3.8, 4) is 5.75 Å². The summed E-state index contributed by atoms with van der Waals surface area (Å²) in [6.45, 7) is 0. The van der Waals surface area contributed by atoms with E-state index >= 15 is 0 Å². The third kappa shape index (κ3) is 2.01. The molecule has 0 aliphatic heterocycles. The van der Waals surface area contributed by atoms with E-state index in [1.54, 1.807) is 7.11 Å². The van der Waals surface area contributed by atoms with Gasteiger partial charge < -0.3 is 10.5 Å². The maximum absolute atomic E-state index is 6.03. The Balaban J connectivity index is 1.89. The van der Waals surface area contributed by atoms with Crippen LogP contribution in [0.1, 0.15) is 18.9 Å². The minimum atomic E-state index is 0.453. The molecule has 6 nitrogen and oxygen atoms in total. The van der Waals surface area contributed by atoms with E-state index in [1.165, 1.54) is 11.8 Å². The Kier molecular flexibility index (Phi) is 2.83. The molecular weight excluding hydrogens is 250 g/mol. The SMILES string of the molecule is COc1cccc(Sc2nnnn2C2CC2)c1N. The molecule has 1 fully saturated rings. The van der Waals surface area contributed by atoms with Gasteiger partial charge in [0.25, 0.3) is 0 Å². The molecule has 94 valence electrons. The molecule has 1 aliphatic carbocycles. The Hall–Kier alpha value is -1.76. The molecule has 1 saturated carbocycles. The van der Waals surface area contributed by atoms with Crippen LogP contribution in [0.25, 0.3) is 0 Å². The minimum Gasteiger partial charge on any atom is -0.495 e. The van der Waals surface area contributed by atoms with Crippen LogP contribution in [-0.4, -0.2) is 27.3 Å². The lowest BCUT2D eigenvalue weighted by molar-refractivity contribution is 0.416. The van der Waals surface area contributed by atoms with Crippen molar-refractivity contribution in [2.45, 2.75) is 28.9 Å². The van der Waals surface area contributed by atoms with E-state index in [2.05, 4.69) is 15.5 Å². The van der Waals surface area contributed by atoms with Crippen molar-refractivity contribution in [3.05, 3.63) is 18.2 Å². The maximum Gasteiger partial charge on any atom is 0.214 e. The standard InChI is InChI=1S/C11H13N5OS/c1-17-8-3-2-4-9(10(8)12)18-11-13-14-15-16(11)7-5-6-7/h2-4,7H,5-6,12H2,1H3. The van der Waals surface area contributed by atoms with E-state index in [9.17, 15) is 0 Å². The first-order chi connectivity index (χ1) is 8.79. The third-order valence-electron chi connectivity index (χ3n) is 2.80. The first-order valence-electron chi connectivity index (χ1n) is 5.68. The van der Waals surface area contributed by atoms with E-state index < -0.39 is 0 Å². The maximum atomic E-state index is 6.03. The van der Waals surface area contributed by atoms with E-state index in [0.29, 0.717) is 17.5 Å². The highest BCUT2D eigenvalue weighted by atomic mass is 32.2. The van der Waals surface area contributed by atoms with Crippen LogP contribution in [-0.2, 0) is 0 Å². The average Bonchev–Trinajstić information content (AvgIpc) is 3.13. The fourth-order valence-corrected chi connectivity index (χ4v) is 2.60. The number of aromatic nitrogens is 4. The number of nitrogen functional groups attached to an aromatic ring is 1. The molecule has 3 rings (SSSR count). The first kappa shape index (κ1) is 11.3. The molecule has 0 amide bonds. The number of hydrogen-bond donors (Lipinski definition) is 1. The Morgan fingerprint density at radius 2 is 2.28 bits per heavy atom. The second kappa shape index (κ2) is 4.49. The number of benzene rings is 1. The fourth-order valence-electron chi connectivity index (χ4n) is 1.69. The van der Waals surface area contributed by atoms with Crippen molar-refractivity contribution in [1.82, 2.24) is 20.2 Å². The van der Waals surface area contributed by atoms with Gasteiger partial charge in [-0.15, -0.1) is 5.10 Å². The lowest BCUT2D eigenvalue weighted by atomic mass is 10.3. The lowest BCUT2D eigenvalue weighted by Crippen LogP contribution is -1.99. The largest absolute Gasteiger partial charge is 0.495 e. The van der Waals surface area contributed by atoms with Gasteiger partial charge in [-0.3, -0.25) is 0 Å². The number of nitrogens with two attached hydrogens (primary N) is 1. The molecule has 18 heavy (non-hydrogen) atoms. The van der Waals surface area contributed by atoms with E-state index in [0.717, 1.165) is 22.9 Å². The van der Waals surface area contributed by atoms with Crippen molar-refractivity contribution in [3.63, 3.8) is 0 Å². The van der Waals surface area contributed by atoms with Gasteiger partial charge in [0.05, 0.1) is 18.8 Å². The van der Waals surface area contributed by atoms with Crippen LogP contribution >= 0.6 is 11.8 Å². The second-order valence-corrected chi connectivity index (χ2v) is 5.12. The molecule has 2 aromatic rings. The van der Waals surface area contributed by atoms with Gasteiger partial charge in [0.2, 0.25) is 5.16 Å². The monoisotopic (exact) mass is 263 g/mol. The number of anilines is 1. The molecule has 7 heteroatoms. The first-order valence-corrected chi connectivity index (χ1v) is 6.49. The molecule has 0 saturated heterocycles. The van der Waals surface area contributed by atoms with Crippen molar-refractivity contribution >= 4 is 17.4 Å². The Labute approximate surface area is 109 Å². The molecule has 0 bridgehead atoms. The number of methoxy groups -OCH3 is 1. The highest BCUT2D eigenvalue weighted by molar-refractivity contribution is 7.99. The van der Waals surface area contributed by atoms with E-state index in [1.807, 2.05) is 22.9 Å². The number of para-hydroxylation sites is 1. The van der Waals surface area contributed by atoms with Crippen molar-refractivity contribution in [2.24, 2.45) is 0 Å². The average molecular weight is 263 g/mol. The van der Waals surface area contributed by atoms with Crippen molar-refractivity contribution in [2.75, 3.05) is 12.8 Å². The van der Waals surface area contributed by atoms with Gasteiger partial charge in [0, 0.05) is 4.90 Å². The van der Waals surface area contributed by atoms with Crippen LogP contribution in [0.15, 0.2) is 28.3 Å². The molecule has 1 aromatic heterocycles. The zero-order valence-electron chi connectivity index (χ0n) is 9.91. The zero-order valence-corrected chi connectivity index (χ0v) is 10.7. The van der Waals surface area contributed by atoms with Crippen LogP contribution in [0.4, 0.5) is 5.69 Å². The molecular formula is C11H13N5OS. The van der Waals surface area contributed by atoms with Crippen LogP contribution in [0.2, 0.25) is 0 Å². The number of rotatable bonds is 4. The van der Waals surface area contributed by atoms with E-state index in [4.69, 9.17) is 10.5 Å². The van der Waals surface area contributed by atoms with Crippen LogP contribution < -0.4 is 10.5 Å². The van der Waals surface area contributed by atoms with Crippen LogP contribution in [0.3, 0.4) is 0 Å². The number of ether oxygens (including phenoxy) is 1. The summed E-state index contributed by atoms with van der Waals surface area (Å²) < 4.78 is 7.06. The van der Waals surface area contributed by atoms with Crippen LogP contribution in [0.5, 0.6) is 5.75 Å². The Morgan fingerprint density at radius 3 is 3.00 bits per heavy atom. The summed E-state index contributed by atoms with van der Waals surface area (Å²) in [5.74, 6) is 0.672. The summed E-state index contributed by atoms with van der Waals surface area (Å²) in [7, 11) is 1.61. The van der Waals surface area contributed by atoms with Gasteiger partial charge in [0.1, 0.15) is 5.75 Å². The molecule has 0 spiro atoms. The fraction of sp³-hybridized carbons (Fsp3) is 0.364. The summed E-state index contributed by atoms with van der Waals surface area (Å²) in [5.41, 5.74) is 6.65. The highest BCUT2D eigenvalue weighted by Gasteiger charge is 2.28. The topological polar surface area (TPSA) is 78.9 Å². The van der Waals surface area contributed by atoms with Gasteiger partial charge in [-0.05, 0) is 47.2 Å². The molecule has 1 aromatic carbocycles. The summed E-state index contributed by atoms with van der Waals surface area (Å²) >= 11 is 1.47. The quantitative estimate of drug-likeness (QED) is 0.847. The summed E-state index contributed by atoms with van der Waals surface area (Å²) in [5, 5.41) is 12.5. The minimum absolute atomic E-state index is 0.453. The van der Waals surface area contributed by atoms with Crippen molar-refractivity contribution in [1.29, 1.82) is 0 Å². The van der Waals surface area contributed by atoms with Gasteiger partial charge in [0.15, 0.2) is 0 Å². The molecule has 0 atom stereocenters. The molecule has 1 heterocycles. The Morgan fingerprint density at radius 1 is 1.44 bits per heavy atom. The van der Waals surface area contributed by atoms with Gasteiger partial charge in [-0.2, -0.15) is 0 Å².